The lowest BCUT2D eigenvalue weighted by molar-refractivity contribution is -0.385. The Bertz CT molecular complexity index is 5810. The van der Waals surface area contributed by atoms with Gasteiger partial charge in [0.1, 0.15) is 82.6 Å². The van der Waals surface area contributed by atoms with Crippen molar-refractivity contribution in [2.75, 3.05) is 127 Å². The smallest absolute Gasteiger partial charge is 0.343 e. The van der Waals surface area contributed by atoms with Gasteiger partial charge in [0.15, 0.2) is 5.82 Å². The number of carbonyl (C=O) groups is 4. The summed E-state index contributed by atoms with van der Waals surface area (Å²) in [6.07, 6.45) is 1.20. The Hall–Kier alpha value is -15.9. The lowest BCUT2D eigenvalue weighted by Gasteiger charge is -2.17. The Morgan fingerprint density at radius 3 is 1.16 bits per heavy atom. The quantitative estimate of drug-likeness (QED) is 0.00581. The molecule has 0 aliphatic carbocycles. The van der Waals surface area contributed by atoms with Crippen molar-refractivity contribution in [2.24, 2.45) is 0 Å². The summed E-state index contributed by atoms with van der Waals surface area (Å²) in [7, 11) is 10.9. The predicted molar refractivity (Wildman–Crippen MR) is 477 cm³/mol. The molecule has 3 aromatic heterocycles. The third-order valence-corrected chi connectivity index (χ3v) is 19.1. The lowest BCUT2D eigenvalue weighted by Crippen LogP contribution is -2.23. The standard InChI is InChI=1S/C32H32N6O5.C30H32N6O7.C29H28N6O6/c1-4-28(39)33-23-6-5-7-24(18-23)35-32-36-27-20-38(19-21-8-12-25(42-3)13-9-21)31(40)29(27)30(37-32)34-22-10-14-26(15-11-22)43-17-16-41-2;1-40-15-16-43-25-13-9-21(10-14-25)32-28-27(29(37)42-3)26(19-31-18-20-7-11-24(41-2)12-8-20)34-30(35-28)33-22-5-4-6-23(17-22)36(38)39;1-39-14-15-41-24-12-8-20(9-13-24)30-27-26-25(18-34(28(26)36)17-19-6-10-23(40-2)11-7-19)32-29(33-27)31-21-4-3-5-22(16-21)35(37)38/h4-15,18H,1,16-17,19-20H2,2-3H3,(H,33,39)(H2,34,35,36,37);4-14,17,31H,15-16,18-19H2,1-3H3,(H2,32,33,34,35);3-13,16H,14-15,17-18H2,1-2H3,(H2,30,31,32,33). The summed E-state index contributed by atoms with van der Waals surface area (Å²) in [4.78, 5) is 105. The first-order valence-electron chi connectivity index (χ1n) is 39.6. The molecular formula is C91H92N18O18. The van der Waals surface area contributed by atoms with Gasteiger partial charge in [-0.15, -0.1) is 0 Å². The van der Waals surface area contributed by atoms with E-state index in [4.69, 9.17) is 57.3 Å². The zero-order valence-corrected chi connectivity index (χ0v) is 70.4. The Balaban J connectivity index is 0.000000173. The third kappa shape index (κ3) is 25.4. The maximum Gasteiger partial charge on any atom is 0.343 e. The summed E-state index contributed by atoms with van der Waals surface area (Å²) in [6, 6.07) is 63.6. The van der Waals surface area contributed by atoms with Crippen LogP contribution in [0.5, 0.6) is 34.5 Å². The van der Waals surface area contributed by atoms with Crippen LogP contribution < -0.4 is 71.0 Å². The highest BCUT2D eigenvalue weighted by Crippen LogP contribution is 2.37. The molecule has 0 bridgehead atoms. The van der Waals surface area contributed by atoms with Crippen LogP contribution in [0, 0.1) is 20.2 Å². The average molecular weight is 1730 g/mol. The van der Waals surface area contributed by atoms with E-state index in [0.29, 0.717) is 163 Å². The minimum atomic E-state index is -0.634. The lowest BCUT2D eigenvalue weighted by atomic mass is 10.1. The maximum atomic E-state index is 13.7. The van der Waals surface area contributed by atoms with E-state index in [9.17, 15) is 39.4 Å². The molecule has 9 aromatic carbocycles. The van der Waals surface area contributed by atoms with Gasteiger partial charge in [-0.1, -0.05) is 61.2 Å². The van der Waals surface area contributed by atoms with Crippen molar-refractivity contribution in [3.8, 4) is 34.5 Å². The van der Waals surface area contributed by atoms with Crippen molar-refractivity contribution in [1.82, 2.24) is 45.0 Å². The molecule has 36 heteroatoms. The molecular weight excluding hydrogens is 1630 g/mol. The second-order valence-corrected chi connectivity index (χ2v) is 27.9. The number of esters is 1. The SMILES string of the molecule is C=CC(=O)Nc1cccc(Nc2nc3c(c(Nc4ccc(OCCOC)cc4)n2)C(=O)N(Cc2ccc(OC)cc2)C3)c1.COCCOc1ccc(Nc2nc(Nc3cccc([N+](=O)[O-])c3)nc(CNCc3ccc(OC)cc3)c2C(=O)OC)cc1.COCCOc1ccc(Nc2nc(Nc3cccc([N+](=O)[O-])c3)nc3c2C(=O)N(Cc2ccc(OC)cc2)C3)cc1. The zero-order chi connectivity index (χ0) is 89.6. The van der Waals surface area contributed by atoms with Crippen molar-refractivity contribution in [1.29, 1.82) is 0 Å². The molecule has 2 aliphatic heterocycles. The molecule has 12 aromatic rings. The van der Waals surface area contributed by atoms with Gasteiger partial charge in [0.05, 0.1) is 88.3 Å². The number of nitrogens with one attached hydrogen (secondary N) is 8. The first-order valence-corrected chi connectivity index (χ1v) is 39.6. The molecule has 0 saturated carbocycles. The van der Waals surface area contributed by atoms with Crippen LogP contribution >= 0.6 is 0 Å². The zero-order valence-electron chi connectivity index (χ0n) is 70.4. The van der Waals surface area contributed by atoms with Crippen molar-refractivity contribution < 1.29 is 76.4 Å². The maximum absolute atomic E-state index is 13.7. The highest BCUT2D eigenvalue weighted by Gasteiger charge is 2.36. The number of non-ortho nitro benzene ring substituents is 2. The highest BCUT2D eigenvalue weighted by atomic mass is 16.6. The monoisotopic (exact) mass is 1720 g/mol. The number of rotatable bonds is 40. The van der Waals surface area contributed by atoms with E-state index in [1.165, 1.54) is 37.5 Å². The molecule has 0 spiro atoms. The molecule has 8 N–H and O–H groups in total. The van der Waals surface area contributed by atoms with Crippen molar-refractivity contribution in [2.45, 2.75) is 39.3 Å². The Morgan fingerprint density at radius 1 is 0.409 bits per heavy atom. The largest absolute Gasteiger partial charge is 0.497 e. The number of benzene rings is 9. The number of carbonyl (C=O) groups excluding carboxylic acids is 4. The fourth-order valence-electron chi connectivity index (χ4n) is 12.8. The van der Waals surface area contributed by atoms with Gasteiger partial charge in [-0.3, -0.25) is 34.6 Å². The number of nitro groups is 2. The second kappa shape index (κ2) is 44.8. The van der Waals surface area contributed by atoms with Gasteiger partial charge in [-0.05, 0) is 162 Å². The van der Waals surface area contributed by atoms with Gasteiger partial charge in [-0.25, -0.2) is 19.7 Å². The van der Waals surface area contributed by atoms with Gasteiger partial charge in [0.25, 0.3) is 23.2 Å². The van der Waals surface area contributed by atoms with E-state index < -0.39 is 15.8 Å². The summed E-state index contributed by atoms with van der Waals surface area (Å²) in [5.74, 6) is 4.41. The van der Waals surface area contributed by atoms with E-state index in [-0.39, 0.29) is 65.5 Å². The summed E-state index contributed by atoms with van der Waals surface area (Å²) < 4.78 is 52.8. The number of amides is 3. The highest BCUT2D eigenvalue weighted by molar-refractivity contribution is 6.04. The van der Waals surface area contributed by atoms with Gasteiger partial charge in [0.2, 0.25) is 23.8 Å². The molecule has 2 aliphatic rings. The topological polar surface area (TPSA) is 427 Å². The number of hydrogen-bond donors (Lipinski definition) is 8. The van der Waals surface area contributed by atoms with Crippen LogP contribution in [0.1, 0.15) is 64.8 Å². The minimum absolute atomic E-state index is 0.0665. The van der Waals surface area contributed by atoms with Crippen LogP contribution in [0.3, 0.4) is 0 Å². The van der Waals surface area contributed by atoms with E-state index in [1.807, 2.05) is 115 Å². The van der Waals surface area contributed by atoms with Gasteiger partial charge >= 0.3 is 5.97 Å². The summed E-state index contributed by atoms with van der Waals surface area (Å²) >= 11 is 0. The fraction of sp³-hybridized carbons (Fsp3) is 0.209. The van der Waals surface area contributed by atoms with E-state index in [0.717, 1.165) is 39.6 Å². The number of anilines is 13. The van der Waals surface area contributed by atoms with Crippen molar-refractivity contribution >= 4 is 110 Å². The van der Waals surface area contributed by atoms with Crippen LogP contribution in [0.4, 0.5) is 86.5 Å². The molecule has 5 heterocycles. The molecule has 127 heavy (non-hydrogen) atoms. The number of methoxy groups -OCH3 is 7. The molecule has 0 radical (unpaired) electrons. The molecule has 36 nitrogen and oxygen atoms in total. The Kier molecular flexibility index (Phi) is 31.8. The number of ether oxygens (including phenoxy) is 10. The second-order valence-electron chi connectivity index (χ2n) is 27.9. The van der Waals surface area contributed by atoms with Crippen molar-refractivity contribution in [3.05, 3.63) is 302 Å². The molecule has 0 fully saturated rings. The molecule has 0 unspecified atom stereocenters. The number of nitrogens with zero attached hydrogens (tertiary/aromatic N) is 10. The predicted octanol–water partition coefficient (Wildman–Crippen LogP) is 15.3. The van der Waals surface area contributed by atoms with Crippen LogP contribution in [-0.2, 0) is 63.0 Å². The molecule has 14 rings (SSSR count). The molecule has 0 atom stereocenters. The molecule has 654 valence electrons. The van der Waals surface area contributed by atoms with Crippen LogP contribution in [-0.4, -0.2) is 163 Å². The van der Waals surface area contributed by atoms with Gasteiger partial charge in [-0.2, -0.15) is 15.0 Å². The minimum Gasteiger partial charge on any atom is -0.497 e. The first kappa shape index (κ1) is 90.3. The summed E-state index contributed by atoms with van der Waals surface area (Å²) in [5.41, 5.74) is 9.25. The summed E-state index contributed by atoms with van der Waals surface area (Å²) in [5, 5.41) is 47.6. The van der Waals surface area contributed by atoms with E-state index >= 15 is 0 Å². The first-order chi connectivity index (χ1) is 61.8. The number of aromatic nitrogens is 6. The Morgan fingerprint density at radius 2 is 0.772 bits per heavy atom. The summed E-state index contributed by atoms with van der Waals surface area (Å²) in [6.45, 7) is 8.20. The number of nitro benzene ring substituents is 2. The van der Waals surface area contributed by atoms with Gasteiger partial charge in [0, 0.05) is 112 Å². The third-order valence-electron chi connectivity index (χ3n) is 19.1. The normalized spacial score (nSPS) is 11.6. The van der Waals surface area contributed by atoms with Crippen LogP contribution in [0.2, 0.25) is 0 Å². The molecule has 0 saturated heterocycles. The van der Waals surface area contributed by atoms with E-state index in [2.05, 4.69) is 69.0 Å². The molecule has 3 amide bonds. The van der Waals surface area contributed by atoms with Gasteiger partial charge < -0.3 is 99.7 Å². The van der Waals surface area contributed by atoms with Crippen LogP contribution in [0.25, 0.3) is 0 Å². The van der Waals surface area contributed by atoms with Crippen LogP contribution in [0.15, 0.2) is 231 Å². The number of hydrogen-bond acceptors (Lipinski definition) is 31. The fourth-order valence-corrected chi connectivity index (χ4v) is 12.8. The average Bonchev–Trinajstić information content (AvgIpc) is 1.67. The van der Waals surface area contributed by atoms with Crippen molar-refractivity contribution in [3.63, 3.8) is 0 Å². The van der Waals surface area contributed by atoms with E-state index in [1.54, 1.807) is 131 Å². The Labute approximate surface area is 730 Å². The number of fused-ring (bicyclic) bond motifs is 2.